The first kappa shape index (κ1) is 18.9. The van der Waals surface area contributed by atoms with E-state index in [0.717, 1.165) is 6.42 Å². The molecule has 0 spiro atoms. The van der Waals surface area contributed by atoms with Gasteiger partial charge in [-0.15, -0.1) is 0 Å². The van der Waals surface area contributed by atoms with Crippen LogP contribution in [0.15, 0.2) is 91.0 Å². The van der Waals surface area contributed by atoms with Crippen LogP contribution >= 0.6 is 0 Å². The Balaban J connectivity index is 1.75. The minimum Gasteiger partial charge on any atom is -0.389 e. The number of aliphatic hydroxyl groups is 1. The fourth-order valence-corrected chi connectivity index (χ4v) is 4.89. The average molecular weight is 372 g/mol. The largest absolute Gasteiger partial charge is 0.389 e. The third-order valence-corrected chi connectivity index (χ3v) is 6.48. The molecule has 144 valence electrons. The van der Waals surface area contributed by atoms with Gasteiger partial charge in [0.2, 0.25) is 0 Å². The molecule has 1 aliphatic heterocycles. The molecule has 0 saturated carbocycles. The van der Waals surface area contributed by atoms with Gasteiger partial charge in [0, 0.05) is 24.4 Å². The predicted octanol–water partition coefficient (Wildman–Crippen LogP) is 5.41. The van der Waals surface area contributed by atoms with Crippen molar-refractivity contribution < 1.29 is 5.11 Å². The Labute approximate surface area is 168 Å². The summed E-state index contributed by atoms with van der Waals surface area (Å²) in [6, 6.07) is 32.0. The van der Waals surface area contributed by atoms with Gasteiger partial charge >= 0.3 is 0 Å². The van der Waals surface area contributed by atoms with E-state index >= 15 is 0 Å². The number of likely N-dealkylation sites (tertiary alicyclic amines) is 1. The van der Waals surface area contributed by atoms with Crippen LogP contribution in [0, 0.1) is 5.92 Å². The highest BCUT2D eigenvalue weighted by Gasteiger charge is 2.48. The quantitative estimate of drug-likeness (QED) is 0.662. The summed E-state index contributed by atoms with van der Waals surface area (Å²) in [7, 11) is 2.20. The van der Waals surface area contributed by atoms with Crippen LogP contribution in [-0.2, 0) is 6.42 Å². The summed E-state index contributed by atoms with van der Waals surface area (Å²) >= 11 is 0. The number of rotatable bonds is 4. The SMILES string of the molecule is CC1C(c2ccccc2)N(C)C(c2ccccc2)CC1(O)Cc1ccccc1. The highest BCUT2D eigenvalue weighted by molar-refractivity contribution is 5.28. The van der Waals surface area contributed by atoms with Gasteiger partial charge in [-0.25, -0.2) is 0 Å². The molecular weight excluding hydrogens is 342 g/mol. The second-order valence-electron chi connectivity index (χ2n) is 8.21. The average Bonchev–Trinajstić information content (AvgIpc) is 2.73. The fraction of sp³-hybridized carbons (Fsp3) is 0.308. The molecule has 1 N–H and O–H groups in total. The van der Waals surface area contributed by atoms with Gasteiger partial charge < -0.3 is 5.11 Å². The molecule has 4 rings (SSSR count). The van der Waals surface area contributed by atoms with Crippen molar-refractivity contribution in [2.75, 3.05) is 7.05 Å². The highest BCUT2D eigenvalue weighted by Crippen LogP contribution is 2.49. The summed E-state index contributed by atoms with van der Waals surface area (Å²) in [4.78, 5) is 2.45. The third kappa shape index (κ3) is 3.63. The zero-order chi connectivity index (χ0) is 19.6. The van der Waals surface area contributed by atoms with Gasteiger partial charge in [-0.05, 0) is 30.2 Å². The lowest BCUT2D eigenvalue weighted by atomic mass is 9.68. The van der Waals surface area contributed by atoms with Crippen molar-refractivity contribution in [1.29, 1.82) is 0 Å². The van der Waals surface area contributed by atoms with E-state index < -0.39 is 5.60 Å². The number of hydrogen-bond donors (Lipinski definition) is 1. The fourth-order valence-electron chi connectivity index (χ4n) is 4.89. The molecular formula is C26H29NO. The lowest BCUT2D eigenvalue weighted by Gasteiger charge is -2.52. The topological polar surface area (TPSA) is 23.5 Å². The first-order valence-corrected chi connectivity index (χ1v) is 10.2. The zero-order valence-electron chi connectivity index (χ0n) is 16.7. The minimum atomic E-state index is -0.769. The maximum absolute atomic E-state index is 11.9. The van der Waals surface area contributed by atoms with E-state index in [1.54, 1.807) is 0 Å². The molecule has 3 aromatic rings. The predicted molar refractivity (Wildman–Crippen MR) is 115 cm³/mol. The van der Waals surface area contributed by atoms with Crippen LogP contribution in [-0.4, -0.2) is 22.7 Å². The molecule has 1 aliphatic rings. The molecule has 0 amide bonds. The second kappa shape index (κ2) is 7.90. The van der Waals surface area contributed by atoms with Gasteiger partial charge in [0.1, 0.15) is 0 Å². The van der Waals surface area contributed by atoms with Crippen molar-refractivity contribution >= 4 is 0 Å². The van der Waals surface area contributed by atoms with E-state index in [-0.39, 0.29) is 18.0 Å². The lowest BCUT2D eigenvalue weighted by Crippen LogP contribution is -2.53. The molecule has 3 aromatic carbocycles. The summed E-state index contributed by atoms with van der Waals surface area (Å²) in [5, 5.41) is 11.9. The van der Waals surface area contributed by atoms with Crippen LogP contribution < -0.4 is 0 Å². The van der Waals surface area contributed by atoms with E-state index in [4.69, 9.17) is 0 Å². The summed E-state index contributed by atoms with van der Waals surface area (Å²) in [6.07, 6.45) is 1.41. The highest BCUT2D eigenvalue weighted by atomic mass is 16.3. The molecule has 2 heteroatoms. The maximum Gasteiger partial charge on any atom is 0.0749 e. The van der Waals surface area contributed by atoms with Crippen molar-refractivity contribution in [3.63, 3.8) is 0 Å². The van der Waals surface area contributed by atoms with E-state index in [0.29, 0.717) is 6.42 Å². The standard InChI is InChI=1S/C26H29NO/c1-20-25(23-16-10-5-11-17-23)27(2)24(22-14-8-4-9-15-22)19-26(20,28)18-21-12-6-3-7-13-21/h3-17,20,24-25,28H,18-19H2,1-2H3. The van der Waals surface area contributed by atoms with Crippen LogP contribution in [0.2, 0.25) is 0 Å². The molecule has 0 bridgehead atoms. The van der Waals surface area contributed by atoms with E-state index in [2.05, 4.69) is 104 Å². The molecule has 0 aromatic heterocycles. The Morgan fingerprint density at radius 2 is 1.32 bits per heavy atom. The van der Waals surface area contributed by atoms with Crippen molar-refractivity contribution in [1.82, 2.24) is 4.90 Å². The van der Waals surface area contributed by atoms with Crippen LogP contribution in [0.4, 0.5) is 0 Å². The second-order valence-corrected chi connectivity index (χ2v) is 8.21. The number of piperidine rings is 1. The number of hydrogen-bond acceptors (Lipinski definition) is 2. The van der Waals surface area contributed by atoms with E-state index in [1.165, 1.54) is 16.7 Å². The first-order valence-electron chi connectivity index (χ1n) is 10.2. The molecule has 1 fully saturated rings. The van der Waals surface area contributed by atoms with Gasteiger partial charge in [0.25, 0.3) is 0 Å². The Morgan fingerprint density at radius 1 is 0.821 bits per heavy atom. The molecule has 28 heavy (non-hydrogen) atoms. The van der Waals surface area contributed by atoms with Crippen LogP contribution in [0.5, 0.6) is 0 Å². The van der Waals surface area contributed by atoms with Gasteiger partial charge in [0.05, 0.1) is 5.60 Å². The summed E-state index contributed by atoms with van der Waals surface area (Å²) < 4.78 is 0. The molecule has 0 radical (unpaired) electrons. The normalized spacial score (nSPS) is 28.2. The summed E-state index contributed by atoms with van der Waals surface area (Å²) in [5.74, 6) is 0.111. The lowest BCUT2D eigenvalue weighted by molar-refractivity contribution is -0.113. The number of nitrogens with zero attached hydrogens (tertiary/aromatic N) is 1. The molecule has 4 atom stereocenters. The summed E-state index contributed by atoms with van der Waals surface area (Å²) in [6.45, 7) is 2.21. The van der Waals surface area contributed by atoms with E-state index in [9.17, 15) is 5.11 Å². The monoisotopic (exact) mass is 371 g/mol. The van der Waals surface area contributed by atoms with E-state index in [1.807, 2.05) is 6.07 Å². The van der Waals surface area contributed by atoms with Gasteiger partial charge in [-0.1, -0.05) is 97.9 Å². The Bertz CT molecular complexity index is 880. The van der Waals surface area contributed by atoms with Crippen molar-refractivity contribution in [3.05, 3.63) is 108 Å². The third-order valence-electron chi connectivity index (χ3n) is 6.48. The van der Waals surface area contributed by atoms with Crippen molar-refractivity contribution in [2.45, 2.75) is 37.5 Å². The first-order chi connectivity index (χ1) is 13.6. The zero-order valence-corrected chi connectivity index (χ0v) is 16.7. The molecule has 0 aliphatic carbocycles. The molecule has 4 unspecified atom stereocenters. The van der Waals surface area contributed by atoms with Crippen LogP contribution in [0.1, 0.15) is 42.1 Å². The Kier molecular flexibility index (Phi) is 5.34. The molecule has 2 nitrogen and oxygen atoms in total. The van der Waals surface area contributed by atoms with Crippen molar-refractivity contribution in [2.24, 2.45) is 5.92 Å². The Morgan fingerprint density at radius 3 is 1.89 bits per heavy atom. The van der Waals surface area contributed by atoms with Crippen molar-refractivity contribution in [3.8, 4) is 0 Å². The molecule has 1 saturated heterocycles. The van der Waals surface area contributed by atoms with Gasteiger partial charge in [-0.3, -0.25) is 4.90 Å². The molecule has 1 heterocycles. The van der Waals surface area contributed by atoms with Crippen LogP contribution in [0.25, 0.3) is 0 Å². The Hall–Kier alpha value is -2.42. The smallest absolute Gasteiger partial charge is 0.0749 e. The van der Waals surface area contributed by atoms with Crippen LogP contribution in [0.3, 0.4) is 0 Å². The van der Waals surface area contributed by atoms with Gasteiger partial charge in [0.15, 0.2) is 0 Å². The number of benzene rings is 3. The minimum absolute atomic E-state index is 0.111. The maximum atomic E-state index is 11.9. The van der Waals surface area contributed by atoms with Gasteiger partial charge in [-0.2, -0.15) is 0 Å². The summed E-state index contributed by atoms with van der Waals surface area (Å²) in [5.41, 5.74) is 2.96.